The van der Waals surface area contributed by atoms with Crippen molar-refractivity contribution in [3.8, 4) is 17.6 Å². The van der Waals surface area contributed by atoms with Crippen molar-refractivity contribution >= 4 is 45.2 Å². The molecule has 1 amide bonds. The number of para-hydroxylation sites is 1. The van der Waals surface area contributed by atoms with Crippen LogP contribution in [0, 0.1) is 17.1 Å². The molecule has 3 rings (SSSR count). The van der Waals surface area contributed by atoms with Crippen molar-refractivity contribution in [1.29, 1.82) is 5.26 Å². The van der Waals surface area contributed by atoms with Crippen molar-refractivity contribution < 1.29 is 18.7 Å². The second-order valence-electron chi connectivity index (χ2n) is 6.55. The van der Waals surface area contributed by atoms with E-state index in [2.05, 4.69) is 21.2 Å². The van der Waals surface area contributed by atoms with Gasteiger partial charge in [0.2, 0.25) is 0 Å². The molecule has 0 heterocycles. The van der Waals surface area contributed by atoms with Crippen molar-refractivity contribution in [3.63, 3.8) is 0 Å². The number of nitrogens with one attached hydrogen (secondary N) is 1. The topological polar surface area (TPSA) is 71.3 Å². The fraction of sp³-hybridized carbons (Fsp3) is 0.0833. The smallest absolute Gasteiger partial charge is 0.266 e. The molecule has 1 N–H and O–H groups in total. The van der Waals surface area contributed by atoms with Gasteiger partial charge in [-0.2, -0.15) is 5.26 Å². The minimum atomic E-state index is -0.599. The van der Waals surface area contributed by atoms with Crippen LogP contribution in [0.1, 0.15) is 11.1 Å². The Hall–Kier alpha value is -3.34. The van der Waals surface area contributed by atoms with Crippen LogP contribution in [0.5, 0.6) is 11.5 Å². The Kier molecular flexibility index (Phi) is 7.87. The average Bonchev–Trinajstić information content (AvgIpc) is 2.78. The molecular formula is C24H17BrClFN2O3. The summed E-state index contributed by atoms with van der Waals surface area (Å²) in [5.74, 6) is -0.142. The predicted molar refractivity (Wildman–Crippen MR) is 125 cm³/mol. The summed E-state index contributed by atoms with van der Waals surface area (Å²) in [5.41, 5.74) is 1.47. The third-order valence-electron chi connectivity index (χ3n) is 4.35. The molecule has 0 aliphatic rings. The van der Waals surface area contributed by atoms with Crippen LogP contribution < -0.4 is 14.8 Å². The third kappa shape index (κ3) is 5.88. The lowest BCUT2D eigenvalue weighted by Crippen LogP contribution is -2.13. The molecule has 0 radical (unpaired) electrons. The molecule has 0 spiro atoms. The highest BCUT2D eigenvalue weighted by molar-refractivity contribution is 9.10. The number of nitriles is 1. The summed E-state index contributed by atoms with van der Waals surface area (Å²) in [6.07, 6.45) is 1.43. The summed E-state index contributed by atoms with van der Waals surface area (Å²) in [6.45, 7) is 0.138. The largest absolute Gasteiger partial charge is 0.493 e. The van der Waals surface area contributed by atoms with E-state index in [1.165, 1.54) is 25.3 Å². The third-order valence-corrected chi connectivity index (χ3v) is 5.37. The van der Waals surface area contributed by atoms with Gasteiger partial charge in [-0.1, -0.05) is 51.8 Å². The van der Waals surface area contributed by atoms with Gasteiger partial charge >= 0.3 is 0 Å². The van der Waals surface area contributed by atoms with Crippen LogP contribution in [-0.4, -0.2) is 13.0 Å². The summed E-state index contributed by atoms with van der Waals surface area (Å²) < 4.78 is 25.1. The molecule has 0 atom stereocenters. The number of carbonyl (C=O) groups excluding carboxylic acids is 1. The van der Waals surface area contributed by atoms with E-state index >= 15 is 0 Å². The molecule has 0 saturated heterocycles. The number of rotatable bonds is 7. The maximum Gasteiger partial charge on any atom is 0.266 e. The Morgan fingerprint density at radius 2 is 1.97 bits per heavy atom. The maximum atomic E-state index is 13.4. The molecule has 3 aromatic carbocycles. The van der Waals surface area contributed by atoms with Gasteiger partial charge in [-0.05, 0) is 53.6 Å². The lowest BCUT2D eigenvalue weighted by atomic mass is 10.1. The lowest BCUT2D eigenvalue weighted by Gasteiger charge is -2.13. The van der Waals surface area contributed by atoms with Crippen molar-refractivity contribution in [3.05, 3.63) is 92.7 Å². The van der Waals surface area contributed by atoms with E-state index in [1.807, 2.05) is 6.07 Å². The monoisotopic (exact) mass is 514 g/mol. The van der Waals surface area contributed by atoms with Gasteiger partial charge in [-0.25, -0.2) is 4.39 Å². The highest BCUT2D eigenvalue weighted by atomic mass is 79.9. The molecule has 0 saturated carbocycles. The number of ether oxygens (including phenoxy) is 2. The Morgan fingerprint density at radius 3 is 2.66 bits per heavy atom. The van der Waals surface area contributed by atoms with Crippen LogP contribution in [-0.2, 0) is 11.4 Å². The van der Waals surface area contributed by atoms with Crippen molar-refractivity contribution in [2.75, 3.05) is 12.4 Å². The zero-order valence-electron chi connectivity index (χ0n) is 16.9. The van der Waals surface area contributed by atoms with E-state index in [0.29, 0.717) is 37.8 Å². The molecule has 0 unspecified atom stereocenters. The molecule has 162 valence electrons. The number of amides is 1. The molecule has 5 nitrogen and oxygen atoms in total. The van der Waals surface area contributed by atoms with Gasteiger partial charge in [0.05, 0.1) is 17.8 Å². The maximum absolute atomic E-state index is 13.4. The van der Waals surface area contributed by atoms with E-state index < -0.39 is 5.91 Å². The predicted octanol–water partition coefficient (Wildman–Crippen LogP) is 6.37. The number of hydrogen-bond donors (Lipinski definition) is 1. The summed E-state index contributed by atoms with van der Waals surface area (Å²) in [5, 5.41) is 12.5. The van der Waals surface area contributed by atoms with Crippen LogP contribution in [0.25, 0.3) is 6.08 Å². The first-order chi connectivity index (χ1) is 15.4. The van der Waals surface area contributed by atoms with Crippen molar-refractivity contribution in [1.82, 2.24) is 0 Å². The lowest BCUT2D eigenvalue weighted by molar-refractivity contribution is -0.112. The quantitative estimate of drug-likeness (QED) is 0.293. The van der Waals surface area contributed by atoms with Crippen molar-refractivity contribution in [2.45, 2.75) is 6.61 Å². The van der Waals surface area contributed by atoms with Crippen LogP contribution in [0.3, 0.4) is 0 Å². The van der Waals surface area contributed by atoms with Gasteiger partial charge in [0.25, 0.3) is 5.91 Å². The first kappa shape index (κ1) is 23.3. The van der Waals surface area contributed by atoms with Gasteiger partial charge in [0.15, 0.2) is 11.5 Å². The van der Waals surface area contributed by atoms with E-state index in [0.717, 1.165) is 0 Å². The zero-order valence-corrected chi connectivity index (χ0v) is 19.2. The highest BCUT2D eigenvalue weighted by Crippen LogP contribution is 2.35. The molecule has 0 bridgehead atoms. The molecule has 32 heavy (non-hydrogen) atoms. The van der Waals surface area contributed by atoms with Gasteiger partial charge in [0.1, 0.15) is 24.1 Å². The Bertz CT molecular complexity index is 1220. The molecule has 8 heteroatoms. The number of nitrogens with zero attached hydrogens (tertiary/aromatic N) is 1. The van der Waals surface area contributed by atoms with Crippen LogP contribution in [0.2, 0.25) is 5.02 Å². The summed E-state index contributed by atoms with van der Waals surface area (Å²) in [7, 11) is 1.47. The summed E-state index contributed by atoms with van der Waals surface area (Å²) in [4.78, 5) is 12.6. The standard InChI is InChI=1S/C24H17BrClFN2O3/c1-31-22-11-16(10-17(13-28)24(30)29-21-8-3-2-7-20(21)26)19(25)12-23(22)32-14-15-5-4-6-18(27)9-15/h2-12H,14H2,1H3,(H,29,30)/b17-10+. The zero-order chi connectivity index (χ0) is 23.1. The normalized spacial score (nSPS) is 10.9. The van der Waals surface area contributed by atoms with Gasteiger partial charge in [-0.3, -0.25) is 4.79 Å². The molecule has 0 aliphatic carbocycles. The van der Waals surface area contributed by atoms with Crippen LogP contribution >= 0.6 is 27.5 Å². The fourth-order valence-electron chi connectivity index (χ4n) is 2.78. The number of methoxy groups -OCH3 is 1. The SMILES string of the molecule is COc1cc(/C=C(\C#N)C(=O)Nc2ccccc2Cl)c(Br)cc1OCc1cccc(F)c1. The average molecular weight is 516 g/mol. The van der Waals surface area contributed by atoms with Crippen LogP contribution in [0.4, 0.5) is 10.1 Å². The minimum Gasteiger partial charge on any atom is -0.493 e. The van der Waals surface area contributed by atoms with Crippen molar-refractivity contribution in [2.24, 2.45) is 0 Å². The second kappa shape index (κ2) is 10.8. The molecular weight excluding hydrogens is 499 g/mol. The van der Waals surface area contributed by atoms with Gasteiger partial charge in [0, 0.05) is 4.47 Å². The molecule has 3 aromatic rings. The Balaban J connectivity index is 1.83. The van der Waals surface area contributed by atoms with E-state index in [-0.39, 0.29) is 18.0 Å². The molecule has 0 aliphatic heterocycles. The molecule has 0 aromatic heterocycles. The number of carbonyl (C=O) groups is 1. The first-order valence-electron chi connectivity index (χ1n) is 9.33. The van der Waals surface area contributed by atoms with E-state index in [9.17, 15) is 14.4 Å². The fourth-order valence-corrected chi connectivity index (χ4v) is 3.40. The number of anilines is 1. The molecule has 0 fully saturated rings. The second-order valence-corrected chi connectivity index (χ2v) is 7.81. The van der Waals surface area contributed by atoms with E-state index in [4.69, 9.17) is 21.1 Å². The van der Waals surface area contributed by atoms with Crippen LogP contribution in [0.15, 0.2) is 70.7 Å². The first-order valence-corrected chi connectivity index (χ1v) is 10.5. The van der Waals surface area contributed by atoms with E-state index in [1.54, 1.807) is 48.5 Å². The van der Waals surface area contributed by atoms with Gasteiger partial charge < -0.3 is 14.8 Å². The number of hydrogen-bond acceptors (Lipinski definition) is 4. The summed E-state index contributed by atoms with van der Waals surface area (Å²) >= 11 is 9.50. The Morgan fingerprint density at radius 1 is 1.19 bits per heavy atom. The Labute approximate surface area is 198 Å². The minimum absolute atomic E-state index is 0.124. The number of halogens is 3. The van der Waals surface area contributed by atoms with Gasteiger partial charge in [-0.15, -0.1) is 0 Å². The summed E-state index contributed by atoms with van der Waals surface area (Å²) in [6, 6.07) is 18.0. The number of benzene rings is 3. The highest BCUT2D eigenvalue weighted by Gasteiger charge is 2.15.